The zero-order valence-corrected chi connectivity index (χ0v) is 11.6. The monoisotopic (exact) mass is 261 g/mol. The highest BCUT2D eigenvalue weighted by atomic mass is 16.1. The first-order valence-electron chi connectivity index (χ1n) is 7.15. The summed E-state index contributed by atoms with van der Waals surface area (Å²) in [5.74, 6) is 0.0281. The van der Waals surface area contributed by atoms with Crippen LogP contribution in [0, 0.1) is 0 Å². The Hall–Kier alpha value is -1.55. The molecule has 19 heavy (non-hydrogen) atoms. The third-order valence-corrected chi connectivity index (χ3v) is 3.43. The predicted molar refractivity (Wildman–Crippen MR) is 78.8 cm³/mol. The Morgan fingerprint density at radius 2 is 1.95 bits per heavy atom. The van der Waals surface area contributed by atoms with E-state index in [0.717, 1.165) is 51.1 Å². The minimum absolute atomic E-state index is 0.0281. The van der Waals surface area contributed by atoms with Crippen molar-refractivity contribution in [3.8, 4) is 0 Å². The summed E-state index contributed by atoms with van der Waals surface area (Å²) < 4.78 is 0. The Kier molecular flexibility index (Phi) is 5.21. The number of carbonyl (C=O) groups is 1. The lowest BCUT2D eigenvalue weighted by atomic mass is 10.1. The normalized spacial score (nSPS) is 15.3. The maximum atomic E-state index is 11.9. The highest BCUT2D eigenvalue weighted by Crippen LogP contribution is 2.15. The predicted octanol–water partition coefficient (Wildman–Crippen LogP) is 1.63. The number of nitrogens with zero attached hydrogens (tertiary/aromatic N) is 1. The molecular formula is C15H23N3O. The van der Waals surface area contributed by atoms with Crippen molar-refractivity contribution in [2.24, 2.45) is 0 Å². The Morgan fingerprint density at radius 1 is 1.26 bits per heavy atom. The van der Waals surface area contributed by atoms with Crippen LogP contribution in [0.4, 0.5) is 5.69 Å². The van der Waals surface area contributed by atoms with Gasteiger partial charge in [-0.3, -0.25) is 4.79 Å². The fraction of sp³-hybridized carbons (Fsp3) is 0.533. The molecule has 1 aromatic carbocycles. The van der Waals surface area contributed by atoms with Gasteiger partial charge in [-0.1, -0.05) is 13.3 Å². The number of amides is 1. The van der Waals surface area contributed by atoms with E-state index in [4.69, 9.17) is 0 Å². The van der Waals surface area contributed by atoms with Crippen molar-refractivity contribution in [2.45, 2.75) is 19.8 Å². The molecule has 2 N–H and O–H groups in total. The zero-order chi connectivity index (χ0) is 13.5. The van der Waals surface area contributed by atoms with Gasteiger partial charge in [-0.15, -0.1) is 0 Å². The van der Waals surface area contributed by atoms with Crippen LogP contribution >= 0.6 is 0 Å². The summed E-state index contributed by atoms with van der Waals surface area (Å²) in [7, 11) is 0. The second kappa shape index (κ2) is 7.14. The van der Waals surface area contributed by atoms with Gasteiger partial charge in [-0.25, -0.2) is 0 Å². The zero-order valence-electron chi connectivity index (χ0n) is 11.6. The molecule has 0 spiro atoms. The Bertz CT molecular complexity index is 396. The van der Waals surface area contributed by atoms with Gasteiger partial charge < -0.3 is 15.5 Å². The number of carbonyl (C=O) groups excluding carboxylic acids is 1. The van der Waals surface area contributed by atoms with Crippen molar-refractivity contribution in [2.75, 3.05) is 37.6 Å². The molecule has 0 saturated carbocycles. The molecule has 1 aliphatic heterocycles. The van der Waals surface area contributed by atoms with Gasteiger partial charge >= 0.3 is 0 Å². The smallest absolute Gasteiger partial charge is 0.251 e. The molecule has 4 nitrogen and oxygen atoms in total. The van der Waals surface area contributed by atoms with Crippen molar-refractivity contribution in [3.05, 3.63) is 29.8 Å². The molecule has 0 unspecified atom stereocenters. The molecule has 1 saturated heterocycles. The van der Waals surface area contributed by atoms with Crippen molar-refractivity contribution >= 4 is 11.6 Å². The second-order valence-corrected chi connectivity index (χ2v) is 4.89. The number of anilines is 1. The van der Waals surface area contributed by atoms with Crippen LogP contribution in [0.3, 0.4) is 0 Å². The average molecular weight is 261 g/mol. The quantitative estimate of drug-likeness (QED) is 0.792. The van der Waals surface area contributed by atoms with E-state index in [-0.39, 0.29) is 5.91 Å². The van der Waals surface area contributed by atoms with E-state index in [1.807, 2.05) is 24.3 Å². The van der Waals surface area contributed by atoms with Crippen LogP contribution in [-0.4, -0.2) is 38.6 Å². The molecule has 1 heterocycles. The standard InChI is InChI=1S/C15H23N3O/c1-2-3-8-17-15(19)13-4-6-14(7-5-13)18-11-9-16-10-12-18/h4-7,16H,2-3,8-12H2,1H3,(H,17,19). The van der Waals surface area contributed by atoms with E-state index < -0.39 is 0 Å². The van der Waals surface area contributed by atoms with Gasteiger partial charge in [-0.05, 0) is 30.7 Å². The molecule has 104 valence electrons. The number of hydrogen-bond donors (Lipinski definition) is 2. The maximum Gasteiger partial charge on any atom is 0.251 e. The van der Waals surface area contributed by atoms with Crippen LogP contribution in [0.5, 0.6) is 0 Å². The molecule has 1 fully saturated rings. The van der Waals surface area contributed by atoms with Gasteiger partial charge in [0.05, 0.1) is 0 Å². The first kappa shape index (κ1) is 13.9. The van der Waals surface area contributed by atoms with Crippen LogP contribution in [0.2, 0.25) is 0 Å². The van der Waals surface area contributed by atoms with E-state index in [1.54, 1.807) is 0 Å². The van der Waals surface area contributed by atoms with E-state index in [1.165, 1.54) is 5.69 Å². The largest absolute Gasteiger partial charge is 0.369 e. The lowest BCUT2D eigenvalue weighted by molar-refractivity contribution is 0.0953. The van der Waals surface area contributed by atoms with Crippen LogP contribution in [-0.2, 0) is 0 Å². The highest BCUT2D eigenvalue weighted by molar-refractivity contribution is 5.94. The lowest BCUT2D eigenvalue weighted by Gasteiger charge is -2.29. The van der Waals surface area contributed by atoms with E-state index in [0.29, 0.717) is 0 Å². The number of benzene rings is 1. The number of nitrogens with one attached hydrogen (secondary N) is 2. The number of rotatable bonds is 5. The third kappa shape index (κ3) is 3.96. The second-order valence-electron chi connectivity index (χ2n) is 4.89. The molecule has 0 atom stereocenters. The van der Waals surface area contributed by atoms with Gasteiger partial charge in [0.15, 0.2) is 0 Å². The molecular weight excluding hydrogens is 238 g/mol. The van der Waals surface area contributed by atoms with Gasteiger partial charge in [0, 0.05) is 44.0 Å². The van der Waals surface area contributed by atoms with Gasteiger partial charge in [-0.2, -0.15) is 0 Å². The average Bonchev–Trinajstić information content (AvgIpc) is 2.48. The lowest BCUT2D eigenvalue weighted by Crippen LogP contribution is -2.43. The van der Waals surface area contributed by atoms with Crippen LogP contribution in [0.1, 0.15) is 30.1 Å². The van der Waals surface area contributed by atoms with E-state index in [9.17, 15) is 4.79 Å². The molecule has 1 amide bonds. The van der Waals surface area contributed by atoms with Crippen molar-refractivity contribution < 1.29 is 4.79 Å². The van der Waals surface area contributed by atoms with Gasteiger partial charge in [0.25, 0.3) is 5.91 Å². The molecule has 0 aromatic heterocycles. The van der Waals surface area contributed by atoms with E-state index >= 15 is 0 Å². The Labute approximate surface area is 115 Å². The highest BCUT2D eigenvalue weighted by Gasteiger charge is 2.11. The molecule has 1 aliphatic rings. The summed E-state index contributed by atoms with van der Waals surface area (Å²) in [6, 6.07) is 7.91. The first-order valence-corrected chi connectivity index (χ1v) is 7.15. The van der Waals surface area contributed by atoms with Crippen LogP contribution in [0.25, 0.3) is 0 Å². The van der Waals surface area contributed by atoms with Gasteiger partial charge in [0.1, 0.15) is 0 Å². The van der Waals surface area contributed by atoms with Crippen molar-refractivity contribution in [1.29, 1.82) is 0 Å². The minimum Gasteiger partial charge on any atom is -0.369 e. The third-order valence-electron chi connectivity index (χ3n) is 3.43. The fourth-order valence-corrected chi connectivity index (χ4v) is 2.23. The van der Waals surface area contributed by atoms with Crippen LogP contribution < -0.4 is 15.5 Å². The summed E-state index contributed by atoms with van der Waals surface area (Å²) in [6.45, 7) is 6.99. The van der Waals surface area contributed by atoms with Crippen molar-refractivity contribution in [3.63, 3.8) is 0 Å². The van der Waals surface area contributed by atoms with Crippen molar-refractivity contribution in [1.82, 2.24) is 10.6 Å². The number of unbranched alkanes of at least 4 members (excludes halogenated alkanes) is 1. The number of hydrogen-bond acceptors (Lipinski definition) is 3. The summed E-state index contributed by atoms with van der Waals surface area (Å²) >= 11 is 0. The number of piperazine rings is 1. The minimum atomic E-state index is 0.0281. The first-order chi connectivity index (χ1) is 9.31. The summed E-state index contributed by atoms with van der Waals surface area (Å²) in [6.07, 6.45) is 2.13. The topological polar surface area (TPSA) is 44.4 Å². The molecule has 1 aromatic rings. The summed E-state index contributed by atoms with van der Waals surface area (Å²) in [5, 5.41) is 6.27. The molecule has 4 heteroatoms. The SMILES string of the molecule is CCCCNC(=O)c1ccc(N2CCNCC2)cc1. The summed E-state index contributed by atoms with van der Waals surface area (Å²) in [5.41, 5.74) is 1.95. The Morgan fingerprint density at radius 3 is 2.58 bits per heavy atom. The summed E-state index contributed by atoms with van der Waals surface area (Å²) in [4.78, 5) is 14.2. The Balaban J connectivity index is 1.91. The fourth-order valence-electron chi connectivity index (χ4n) is 2.23. The molecule has 0 bridgehead atoms. The molecule has 0 radical (unpaired) electrons. The molecule has 0 aliphatic carbocycles. The maximum absolute atomic E-state index is 11.9. The van der Waals surface area contributed by atoms with E-state index in [2.05, 4.69) is 22.5 Å². The van der Waals surface area contributed by atoms with Gasteiger partial charge in [0.2, 0.25) is 0 Å². The van der Waals surface area contributed by atoms with Crippen LogP contribution in [0.15, 0.2) is 24.3 Å². The molecule has 2 rings (SSSR count).